The third-order valence-electron chi connectivity index (χ3n) is 9.68. The number of hydrogen-bond acceptors (Lipinski definition) is 4. The highest BCUT2D eigenvalue weighted by Crippen LogP contribution is 2.70. The summed E-state index contributed by atoms with van der Waals surface area (Å²) in [6.07, 6.45) is 10.4. The number of aliphatic hydroxyl groups excluding tert-OH is 1. The van der Waals surface area contributed by atoms with E-state index in [2.05, 4.69) is 0 Å². The van der Waals surface area contributed by atoms with Crippen molar-refractivity contribution in [2.45, 2.75) is 87.5 Å². The Kier molecular flexibility index (Phi) is 2.93. The predicted molar refractivity (Wildman–Crippen MR) is 95.4 cm³/mol. The van der Waals surface area contributed by atoms with Gasteiger partial charge in [0, 0.05) is 11.6 Å². The largest absolute Gasteiger partial charge is 0.393 e. The molecular weight excluding hydrogens is 312 g/mol. The molecule has 0 spiro atoms. The summed E-state index contributed by atoms with van der Waals surface area (Å²) in [5.41, 5.74) is 13.0. The smallest absolute Gasteiger partial charge is 0.0673 e. The van der Waals surface area contributed by atoms with E-state index in [1.807, 2.05) is 0 Å². The van der Waals surface area contributed by atoms with Crippen LogP contribution in [0.1, 0.15) is 64.2 Å². The highest BCUT2D eigenvalue weighted by molar-refractivity contribution is 5.20. The van der Waals surface area contributed by atoms with E-state index in [0.29, 0.717) is 41.5 Å². The predicted octanol–water partition coefficient (Wildman–Crippen LogP) is 1.77. The molecule has 4 heteroatoms. The van der Waals surface area contributed by atoms with E-state index in [4.69, 9.17) is 11.5 Å². The Labute approximate surface area is 150 Å². The fourth-order valence-corrected chi connectivity index (χ4v) is 9.95. The first-order chi connectivity index (χ1) is 11.8. The van der Waals surface area contributed by atoms with Gasteiger partial charge >= 0.3 is 0 Å². The second-order valence-electron chi connectivity index (χ2n) is 11.5. The van der Waals surface area contributed by atoms with Crippen LogP contribution in [0.25, 0.3) is 0 Å². The minimum Gasteiger partial charge on any atom is -0.393 e. The summed E-state index contributed by atoms with van der Waals surface area (Å²) in [4.78, 5) is 0. The van der Waals surface area contributed by atoms with E-state index >= 15 is 0 Å². The zero-order valence-corrected chi connectivity index (χ0v) is 15.2. The normalized spacial score (nSPS) is 67.7. The van der Waals surface area contributed by atoms with Crippen molar-refractivity contribution in [2.75, 3.05) is 0 Å². The molecule has 8 aliphatic carbocycles. The number of nitrogens with two attached hydrogens (primary N) is 2. The van der Waals surface area contributed by atoms with Crippen molar-refractivity contribution < 1.29 is 10.2 Å². The molecule has 8 fully saturated rings. The average molecular weight is 347 g/mol. The topological polar surface area (TPSA) is 92.5 Å². The van der Waals surface area contributed by atoms with Crippen molar-refractivity contribution in [3.63, 3.8) is 0 Å². The molecule has 140 valence electrons. The molecule has 0 aromatic heterocycles. The highest BCUT2D eigenvalue weighted by atomic mass is 16.3. The highest BCUT2D eigenvalue weighted by Gasteiger charge is 2.68. The van der Waals surface area contributed by atoms with Gasteiger partial charge in [-0.1, -0.05) is 0 Å². The fraction of sp³-hybridized carbons (Fsp3) is 1.00. The van der Waals surface area contributed by atoms with Crippen molar-refractivity contribution >= 4 is 0 Å². The lowest BCUT2D eigenvalue weighted by molar-refractivity contribution is -0.216. The van der Waals surface area contributed by atoms with Crippen molar-refractivity contribution in [1.29, 1.82) is 0 Å². The molecule has 4 nitrogen and oxygen atoms in total. The van der Waals surface area contributed by atoms with Crippen molar-refractivity contribution in [1.82, 2.24) is 0 Å². The zero-order chi connectivity index (χ0) is 17.2. The van der Waals surface area contributed by atoms with Crippen LogP contribution in [-0.2, 0) is 0 Å². The second kappa shape index (κ2) is 4.63. The third kappa shape index (κ3) is 2.03. The maximum atomic E-state index is 11.3. The van der Waals surface area contributed by atoms with Gasteiger partial charge in [-0.3, -0.25) is 0 Å². The summed E-state index contributed by atoms with van der Waals surface area (Å²) in [6.45, 7) is 0. The Morgan fingerprint density at radius 1 is 0.840 bits per heavy atom. The van der Waals surface area contributed by atoms with Gasteiger partial charge in [-0.25, -0.2) is 0 Å². The monoisotopic (exact) mass is 346 g/mol. The van der Waals surface area contributed by atoms with Crippen LogP contribution in [0.3, 0.4) is 0 Å². The molecule has 8 aliphatic rings. The van der Waals surface area contributed by atoms with E-state index in [1.54, 1.807) is 0 Å². The van der Waals surface area contributed by atoms with Crippen LogP contribution in [0.4, 0.5) is 0 Å². The molecule has 8 bridgehead atoms. The number of fused-ring (bicyclic) bond motifs is 1. The average Bonchev–Trinajstić information content (AvgIpc) is 2.63. The molecule has 0 saturated heterocycles. The van der Waals surface area contributed by atoms with Crippen LogP contribution in [0.15, 0.2) is 0 Å². The number of hydrogen-bond donors (Lipinski definition) is 4. The quantitative estimate of drug-likeness (QED) is 0.582. The Hall–Kier alpha value is -0.160. The Morgan fingerprint density at radius 3 is 2.44 bits per heavy atom. The van der Waals surface area contributed by atoms with Gasteiger partial charge in [-0.2, -0.15) is 0 Å². The Balaban J connectivity index is 1.46. The van der Waals surface area contributed by atoms with Gasteiger partial charge in [0.25, 0.3) is 0 Å². The third-order valence-corrected chi connectivity index (χ3v) is 9.68. The van der Waals surface area contributed by atoms with E-state index in [9.17, 15) is 10.2 Å². The fourth-order valence-electron chi connectivity index (χ4n) is 9.95. The molecule has 11 atom stereocenters. The minimum atomic E-state index is -0.549. The molecule has 8 saturated carbocycles. The molecule has 0 amide bonds. The molecule has 0 aromatic carbocycles. The van der Waals surface area contributed by atoms with E-state index in [1.165, 1.54) is 19.3 Å². The second-order valence-corrected chi connectivity index (χ2v) is 11.5. The maximum Gasteiger partial charge on any atom is 0.0673 e. The standard InChI is InChI=1S/C21H34N2O2/c22-18-13-1-11-2-15(18)17(14(4-13)16(24)3-11)19-5-12-6-20(23,8-19)10-21(25,7-12)9-19/h11-18,24-25H,1-10,22-23H2. The maximum absolute atomic E-state index is 11.3. The molecule has 0 aliphatic heterocycles. The summed E-state index contributed by atoms with van der Waals surface area (Å²) in [5.74, 6) is 3.29. The van der Waals surface area contributed by atoms with Gasteiger partial charge in [0.05, 0.1) is 11.7 Å². The van der Waals surface area contributed by atoms with Crippen LogP contribution < -0.4 is 11.5 Å². The van der Waals surface area contributed by atoms with Gasteiger partial charge < -0.3 is 21.7 Å². The lowest BCUT2D eigenvalue weighted by Gasteiger charge is -2.69. The van der Waals surface area contributed by atoms with E-state index in [0.717, 1.165) is 44.9 Å². The van der Waals surface area contributed by atoms with Crippen LogP contribution in [0.2, 0.25) is 0 Å². The number of aliphatic hydroxyl groups is 2. The summed E-state index contributed by atoms with van der Waals surface area (Å²) >= 11 is 0. The molecule has 0 radical (unpaired) electrons. The van der Waals surface area contributed by atoms with Crippen LogP contribution in [0.5, 0.6) is 0 Å². The minimum absolute atomic E-state index is 0.133. The molecular formula is C21H34N2O2. The first-order valence-corrected chi connectivity index (χ1v) is 10.7. The Bertz CT molecular complexity index is 589. The molecule has 25 heavy (non-hydrogen) atoms. The SMILES string of the molecule is NC1C2CC3CC(O)C(C2)C(C24CC5CC(N)(CC(O)(C5)C2)C4)C1C3. The summed E-state index contributed by atoms with van der Waals surface area (Å²) in [7, 11) is 0. The van der Waals surface area contributed by atoms with Crippen LogP contribution in [-0.4, -0.2) is 33.5 Å². The van der Waals surface area contributed by atoms with Crippen molar-refractivity contribution in [3.05, 3.63) is 0 Å². The van der Waals surface area contributed by atoms with Crippen LogP contribution >= 0.6 is 0 Å². The molecule has 8 rings (SSSR count). The van der Waals surface area contributed by atoms with Gasteiger partial charge in [0.2, 0.25) is 0 Å². The lowest BCUT2D eigenvalue weighted by Crippen LogP contribution is -2.70. The lowest BCUT2D eigenvalue weighted by atomic mass is 9.38. The molecule has 11 unspecified atom stereocenters. The summed E-state index contributed by atoms with van der Waals surface area (Å²) in [5, 5.41) is 22.4. The van der Waals surface area contributed by atoms with Gasteiger partial charge in [-0.15, -0.1) is 0 Å². The molecule has 0 aromatic rings. The van der Waals surface area contributed by atoms with E-state index < -0.39 is 5.60 Å². The Morgan fingerprint density at radius 2 is 1.68 bits per heavy atom. The van der Waals surface area contributed by atoms with Gasteiger partial charge in [-0.05, 0) is 105 Å². The molecule has 6 N–H and O–H groups in total. The number of rotatable bonds is 1. The first kappa shape index (κ1) is 15.9. The van der Waals surface area contributed by atoms with Crippen LogP contribution in [0, 0.1) is 40.9 Å². The van der Waals surface area contributed by atoms with Gasteiger partial charge in [0.1, 0.15) is 0 Å². The zero-order valence-electron chi connectivity index (χ0n) is 15.2. The summed E-state index contributed by atoms with van der Waals surface area (Å²) < 4.78 is 0. The first-order valence-electron chi connectivity index (χ1n) is 10.7. The van der Waals surface area contributed by atoms with Crippen molar-refractivity contribution in [3.8, 4) is 0 Å². The van der Waals surface area contributed by atoms with Gasteiger partial charge in [0.15, 0.2) is 0 Å². The van der Waals surface area contributed by atoms with E-state index in [-0.39, 0.29) is 17.1 Å². The summed E-state index contributed by atoms with van der Waals surface area (Å²) in [6, 6.07) is 0.305. The molecule has 0 heterocycles. The van der Waals surface area contributed by atoms with Crippen molar-refractivity contribution in [2.24, 2.45) is 52.4 Å².